The summed E-state index contributed by atoms with van der Waals surface area (Å²) in [5.74, 6) is 0.178. The van der Waals surface area contributed by atoms with E-state index < -0.39 is 0 Å². The topological polar surface area (TPSA) is 25.2 Å². The lowest BCUT2D eigenvalue weighted by molar-refractivity contribution is -0.131. The molecule has 1 saturated heterocycles. The maximum atomic E-state index is 12.5. The normalized spacial score (nSPS) is 15.9. The Morgan fingerprint density at radius 2 is 1.70 bits per heavy atom. The Morgan fingerprint density at radius 1 is 1.09 bits per heavy atom. The molecule has 1 aliphatic heterocycles. The van der Waals surface area contributed by atoms with Crippen LogP contribution in [0.25, 0.3) is 0 Å². The van der Waals surface area contributed by atoms with Crippen molar-refractivity contribution in [3.63, 3.8) is 0 Å². The third-order valence-electron chi connectivity index (χ3n) is 4.81. The summed E-state index contributed by atoms with van der Waals surface area (Å²) in [6.07, 6.45) is 2.43. The number of hydrogen-bond donors (Lipinski definition) is 0. The fourth-order valence-corrected chi connectivity index (χ4v) is 3.75. The average molecular weight is 331 g/mol. The molecular weight excluding hydrogens is 308 g/mol. The van der Waals surface area contributed by atoms with Crippen molar-refractivity contribution in [2.75, 3.05) is 13.1 Å². The van der Waals surface area contributed by atoms with Gasteiger partial charge in [0.05, 0.1) is 6.42 Å². The van der Waals surface area contributed by atoms with Crippen LogP contribution in [0.2, 0.25) is 5.02 Å². The third kappa shape index (κ3) is 3.45. The zero-order valence-electron chi connectivity index (χ0n) is 13.8. The van der Waals surface area contributed by atoms with Gasteiger partial charge < -0.3 is 9.47 Å². The van der Waals surface area contributed by atoms with Gasteiger partial charge in [-0.2, -0.15) is 0 Å². The standard InChI is InChI=1S/C19H23ClN2O/c1-14-7-8-15(2)22(14)17-9-11-21(12-10-17)19(23)13-16-5-3-4-6-18(16)20/h3-8,17H,9-13H2,1-2H3. The highest BCUT2D eigenvalue weighted by molar-refractivity contribution is 6.31. The Kier molecular flexibility index (Phi) is 4.76. The number of rotatable bonds is 3. The molecule has 0 N–H and O–H groups in total. The Hall–Kier alpha value is -1.74. The number of nitrogens with zero attached hydrogens (tertiary/aromatic N) is 2. The molecule has 0 unspecified atom stereocenters. The highest BCUT2D eigenvalue weighted by Gasteiger charge is 2.25. The van der Waals surface area contributed by atoms with Gasteiger partial charge in [-0.3, -0.25) is 4.79 Å². The van der Waals surface area contributed by atoms with Crippen molar-refractivity contribution in [2.24, 2.45) is 0 Å². The number of carbonyl (C=O) groups excluding carboxylic acids is 1. The highest BCUT2D eigenvalue weighted by atomic mass is 35.5. The molecule has 23 heavy (non-hydrogen) atoms. The molecule has 3 nitrogen and oxygen atoms in total. The quantitative estimate of drug-likeness (QED) is 0.829. The summed E-state index contributed by atoms with van der Waals surface area (Å²) < 4.78 is 2.41. The molecule has 0 aliphatic carbocycles. The maximum absolute atomic E-state index is 12.5. The lowest BCUT2D eigenvalue weighted by atomic mass is 10.0. The lowest BCUT2D eigenvalue weighted by Crippen LogP contribution is -2.40. The van der Waals surface area contributed by atoms with E-state index in [9.17, 15) is 4.79 Å². The number of likely N-dealkylation sites (tertiary alicyclic amines) is 1. The van der Waals surface area contributed by atoms with Crippen molar-refractivity contribution in [1.29, 1.82) is 0 Å². The fraction of sp³-hybridized carbons (Fsp3) is 0.421. The summed E-state index contributed by atoms with van der Waals surface area (Å²) in [5.41, 5.74) is 3.53. The number of halogens is 1. The van der Waals surface area contributed by atoms with Gasteiger partial charge in [-0.05, 0) is 50.5 Å². The monoisotopic (exact) mass is 330 g/mol. The van der Waals surface area contributed by atoms with Gasteiger partial charge in [-0.25, -0.2) is 0 Å². The molecule has 1 amide bonds. The first-order chi connectivity index (χ1) is 11.1. The lowest BCUT2D eigenvalue weighted by Gasteiger charge is -2.34. The minimum Gasteiger partial charge on any atom is -0.346 e. The smallest absolute Gasteiger partial charge is 0.227 e. The summed E-state index contributed by atoms with van der Waals surface area (Å²) in [4.78, 5) is 14.5. The highest BCUT2D eigenvalue weighted by Crippen LogP contribution is 2.27. The van der Waals surface area contributed by atoms with Crippen molar-refractivity contribution in [2.45, 2.75) is 39.2 Å². The number of hydrogen-bond acceptors (Lipinski definition) is 1. The van der Waals surface area contributed by atoms with Gasteiger partial charge in [0.2, 0.25) is 5.91 Å². The molecule has 0 saturated carbocycles. The van der Waals surface area contributed by atoms with Crippen LogP contribution in [0.3, 0.4) is 0 Å². The number of aromatic nitrogens is 1. The first-order valence-electron chi connectivity index (χ1n) is 8.22. The molecule has 4 heteroatoms. The minimum atomic E-state index is 0.178. The molecule has 1 aromatic carbocycles. The van der Waals surface area contributed by atoms with Gasteiger partial charge in [-0.15, -0.1) is 0 Å². The fourth-order valence-electron chi connectivity index (χ4n) is 3.55. The van der Waals surface area contributed by atoms with Gasteiger partial charge in [0.15, 0.2) is 0 Å². The van der Waals surface area contributed by atoms with Crippen LogP contribution in [0.4, 0.5) is 0 Å². The average Bonchev–Trinajstić information content (AvgIpc) is 2.88. The Balaban J connectivity index is 1.61. The first kappa shape index (κ1) is 16.1. The summed E-state index contributed by atoms with van der Waals surface area (Å²) in [6, 6.07) is 12.4. The van der Waals surface area contributed by atoms with E-state index in [2.05, 4.69) is 30.5 Å². The minimum absolute atomic E-state index is 0.178. The zero-order chi connectivity index (χ0) is 16.4. The molecule has 2 heterocycles. The molecule has 122 valence electrons. The van der Waals surface area contributed by atoms with E-state index in [0.717, 1.165) is 31.5 Å². The van der Waals surface area contributed by atoms with Crippen LogP contribution in [0.15, 0.2) is 36.4 Å². The Labute approximate surface area is 142 Å². The van der Waals surface area contributed by atoms with Crippen molar-refractivity contribution in [3.05, 3.63) is 58.4 Å². The molecule has 1 aromatic heterocycles. The molecule has 2 aromatic rings. The molecule has 1 aliphatic rings. The number of benzene rings is 1. The predicted molar refractivity (Wildman–Crippen MR) is 93.9 cm³/mol. The van der Waals surface area contributed by atoms with Gasteiger partial charge >= 0.3 is 0 Å². The molecule has 0 bridgehead atoms. The Morgan fingerprint density at radius 3 is 2.30 bits per heavy atom. The summed E-state index contributed by atoms with van der Waals surface area (Å²) in [5, 5.41) is 0.675. The number of amides is 1. The molecular formula is C19H23ClN2O. The summed E-state index contributed by atoms with van der Waals surface area (Å²) in [7, 11) is 0. The van der Waals surface area contributed by atoms with Gasteiger partial charge in [0.25, 0.3) is 0 Å². The molecule has 0 atom stereocenters. The summed E-state index contributed by atoms with van der Waals surface area (Å²) >= 11 is 6.16. The van der Waals surface area contributed by atoms with E-state index in [4.69, 9.17) is 11.6 Å². The predicted octanol–water partition coefficient (Wildman–Crippen LogP) is 4.16. The van der Waals surface area contributed by atoms with Crippen LogP contribution in [0, 0.1) is 13.8 Å². The number of carbonyl (C=O) groups is 1. The van der Waals surface area contributed by atoms with Crippen LogP contribution in [-0.4, -0.2) is 28.5 Å². The van der Waals surface area contributed by atoms with Gasteiger partial charge in [0.1, 0.15) is 0 Å². The third-order valence-corrected chi connectivity index (χ3v) is 5.18. The van der Waals surface area contributed by atoms with E-state index in [-0.39, 0.29) is 5.91 Å². The van der Waals surface area contributed by atoms with Crippen LogP contribution >= 0.6 is 11.6 Å². The van der Waals surface area contributed by atoms with E-state index >= 15 is 0 Å². The van der Waals surface area contributed by atoms with E-state index in [0.29, 0.717) is 17.5 Å². The van der Waals surface area contributed by atoms with Gasteiger partial charge in [-0.1, -0.05) is 29.8 Å². The van der Waals surface area contributed by atoms with Crippen molar-refractivity contribution >= 4 is 17.5 Å². The van der Waals surface area contributed by atoms with Crippen LogP contribution in [0.5, 0.6) is 0 Å². The van der Waals surface area contributed by atoms with Gasteiger partial charge in [0, 0.05) is 35.5 Å². The maximum Gasteiger partial charge on any atom is 0.227 e. The number of aryl methyl sites for hydroxylation is 2. The van der Waals surface area contributed by atoms with Crippen LogP contribution in [0.1, 0.15) is 35.8 Å². The molecule has 1 fully saturated rings. The first-order valence-corrected chi connectivity index (χ1v) is 8.59. The molecule has 0 spiro atoms. The van der Waals surface area contributed by atoms with E-state index in [1.807, 2.05) is 29.2 Å². The zero-order valence-corrected chi connectivity index (χ0v) is 14.5. The molecule has 3 rings (SSSR count). The van der Waals surface area contributed by atoms with Crippen LogP contribution in [-0.2, 0) is 11.2 Å². The second kappa shape index (κ2) is 6.79. The number of piperidine rings is 1. The SMILES string of the molecule is Cc1ccc(C)n1C1CCN(C(=O)Cc2ccccc2Cl)CC1. The van der Waals surface area contributed by atoms with Crippen LogP contribution < -0.4 is 0 Å². The second-order valence-electron chi connectivity index (χ2n) is 6.37. The Bertz CT molecular complexity index is 680. The second-order valence-corrected chi connectivity index (χ2v) is 6.77. The van der Waals surface area contributed by atoms with Crippen molar-refractivity contribution in [3.8, 4) is 0 Å². The summed E-state index contributed by atoms with van der Waals surface area (Å²) in [6.45, 7) is 5.96. The largest absolute Gasteiger partial charge is 0.346 e. The van der Waals surface area contributed by atoms with E-state index in [1.54, 1.807) is 0 Å². The van der Waals surface area contributed by atoms with Crippen molar-refractivity contribution in [1.82, 2.24) is 9.47 Å². The molecule has 0 radical (unpaired) electrons. The van der Waals surface area contributed by atoms with E-state index in [1.165, 1.54) is 11.4 Å². The van der Waals surface area contributed by atoms with Crippen molar-refractivity contribution < 1.29 is 4.79 Å².